The Morgan fingerprint density at radius 1 is 1.03 bits per heavy atom. The van der Waals surface area contributed by atoms with E-state index >= 15 is 0 Å². The fourth-order valence-electron chi connectivity index (χ4n) is 3.14. The lowest BCUT2D eigenvalue weighted by Gasteiger charge is -2.16. The van der Waals surface area contributed by atoms with Gasteiger partial charge in [0, 0.05) is 11.9 Å². The molecule has 0 radical (unpaired) electrons. The molecule has 4 aromatic rings. The first-order valence-corrected chi connectivity index (χ1v) is 10.8. The summed E-state index contributed by atoms with van der Waals surface area (Å²) in [6.45, 7) is 5.68. The number of hydrogen-bond donors (Lipinski definition) is 1. The number of nitrogens with zero attached hydrogens (tertiary/aromatic N) is 3. The molecule has 31 heavy (non-hydrogen) atoms. The molecule has 6 nitrogen and oxygen atoms in total. The van der Waals surface area contributed by atoms with Crippen molar-refractivity contribution in [1.82, 2.24) is 14.5 Å². The average Bonchev–Trinajstić information content (AvgIpc) is 2.76. The normalized spacial score (nSPS) is 12.0. The van der Waals surface area contributed by atoms with Crippen LogP contribution in [0.1, 0.15) is 18.1 Å². The van der Waals surface area contributed by atoms with Crippen molar-refractivity contribution in [3.63, 3.8) is 0 Å². The summed E-state index contributed by atoms with van der Waals surface area (Å²) >= 11 is 1.23. The Morgan fingerprint density at radius 3 is 2.52 bits per heavy atom. The number of fused-ring (bicyclic) bond motifs is 1. The first kappa shape index (κ1) is 20.8. The number of carbonyl (C=O) groups excluding carboxylic acids is 1. The summed E-state index contributed by atoms with van der Waals surface area (Å²) in [5, 5.41) is 3.41. The fraction of sp³-hybridized carbons (Fsp3) is 0.167. The van der Waals surface area contributed by atoms with E-state index < -0.39 is 5.25 Å². The van der Waals surface area contributed by atoms with Crippen molar-refractivity contribution in [3.8, 4) is 5.82 Å². The van der Waals surface area contributed by atoms with Crippen LogP contribution in [0.3, 0.4) is 0 Å². The van der Waals surface area contributed by atoms with Crippen LogP contribution >= 0.6 is 11.8 Å². The maximum Gasteiger partial charge on any atom is 0.267 e. The number of rotatable bonds is 5. The fourth-order valence-corrected chi connectivity index (χ4v) is 4.06. The zero-order valence-corrected chi connectivity index (χ0v) is 18.3. The minimum atomic E-state index is -0.482. The molecule has 1 unspecified atom stereocenters. The molecule has 1 amide bonds. The molecule has 0 saturated heterocycles. The molecule has 0 fully saturated rings. The molecular formula is C24H22N4O2S. The third kappa shape index (κ3) is 4.36. The van der Waals surface area contributed by atoms with Gasteiger partial charge in [0.25, 0.3) is 5.56 Å². The molecular weight excluding hydrogens is 408 g/mol. The number of anilines is 1. The number of hydrogen-bond acceptors (Lipinski definition) is 5. The Balaban J connectivity index is 1.73. The maximum absolute atomic E-state index is 13.3. The number of thioether (sulfide) groups is 1. The van der Waals surface area contributed by atoms with Gasteiger partial charge in [0.15, 0.2) is 5.16 Å². The Bertz CT molecular complexity index is 1320. The number of aryl methyl sites for hydroxylation is 2. The molecule has 7 heteroatoms. The van der Waals surface area contributed by atoms with Gasteiger partial charge in [-0.05, 0) is 56.2 Å². The monoisotopic (exact) mass is 430 g/mol. The number of para-hydroxylation sites is 2. The minimum Gasteiger partial charge on any atom is -0.325 e. The Hall–Kier alpha value is -3.45. The van der Waals surface area contributed by atoms with Crippen molar-refractivity contribution in [2.75, 3.05) is 5.32 Å². The lowest BCUT2D eigenvalue weighted by molar-refractivity contribution is -0.115. The summed E-state index contributed by atoms with van der Waals surface area (Å²) in [6, 6.07) is 18.5. The predicted molar refractivity (Wildman–Crippen MR) is 125 cm³/mol. The van der Waals surface area contributed by atoms with Gasteiger partial charge in [-0.15, -0.1) is 0 Å². The Kier molecular flexibility index (Phi) is 5.86. The summed E-state index contributed by atoms with van der Waals surface area (Å²) in [5.74, 6) is 0.313. The number of amides is 1. The van der Waals surface area contributed by atoms with Crippen molar-refractivity contribution in [2.45, 2.75) is 31.2 Å². The van der Waals surface area contributed by atoms with E-state index in [0.717, 1.165) is 16.8 Å². The molecule has 0 aliphatic carbocycles. The first-order chi connectivity index (χ1) is 14.9. The van der Waals surface area contributed by atoms with Gasteiger partial charge >= 0.3 is 0 Å². The smallest absolute Gasteiger partial charge is 0.267 e. The molecule has 156 valence electrons. The highest BCUT2D eigenvalue weighted by Crippen LogP contribution is 2.26. The molecule has 4 rings (SSSR count). The third-order valence-electron chi connectivity index (χ3n) is 4.92. The van der Waals surface area contributed by atoms with E-state index in [1.807, 2.05) is 56.3 Å². The summed E-state index contributed by atoms with van der Waals surface area (Å²) in [5.41, 5.74) is 3.12. The molecule has 0 saturated carbocycles. The SMILES string of the molecule is Cc1ccc(-n2c(SC(C)C(=O)Nc3ccccc3C)nc3ccccc3c2=O)nc1. The van der Waals surface area contributed by atoms with Crippen LogP contribution in [0.4, 0.5) is 5.69 Å². The van der Waals surface area contributed by atoms with Gasteiger partial charge in [0.05, 0.1) is 16.2 Å². The van der Waals surface area contributed by atoms with Crippen LogP contribution in [0.15, 0.2) is 76.8 Å². The molecule has 2 aromatic heterocycles. The predicted octanol–water partition coefficient (Wildman–Crippen LogP) is 4.52. The second-order valence-corrected chi connectivity index (χ2v) is 8.62. The van der Waals surface area contributed by atoms with E-state index in [1.165, 1.54) is 16.3 Å². The van der Waals surface area contributed by atoms with Gasteiger partial charge in [-0.1, -0.05) is 48.2 Å². The largest absolute Gasteiger partial charge is 0.325 e. The van der Waals surface area contributed by atoms with Crippen LogP contribution in [0.25, 0.3) is 16.7 Å². The molecule has 0 bridgehead atoms. The van der Waals surface area contributed by atoms with Crippen molar-refractivity contribution in [3.05, 3.63) is 88.3 Å². The lowest BCUT2D eigenvalue weighted by atomic mass is 10.2. The van der Waals surface area contributed by atoms with E-state index in [9.17, 15) is 9.59 Å². The molecule has 1 atom stereocenters. The van der Waals surface area contributed by atoms with Crippen LogP contribution in [-0.4, -0.2) is 25.7 Å². The highest BCUT2D eigenvalue weighted by atomic mass is 32.2. The number of benzene rings is 2. The van der Waals surface area contributed by atoms with Gasteiger partial charge in [-0.25, -0.2) is 14.5 Å². The number of pyridine rings is 1. The zero-order chi connectivity index (χ0) is 22.0. The lowest BCUT2D eigenvalue weighted by Crippen LogP contribution is -2.26. The van der Waals surface area contributed by atoms with E-state index in [1.54, 1.807) is 31.3 Å². The topological polar surface area (TPSA) is 76.9 Å². The maximum atomic E-state index is 13.3. The van der Waals surface area contributed by atoms with Crippen molar-refractivity contribution in [1.29, 1.82) is 0 Å². The summed E-state index contributed by atoms with van der Waals surface area (Å²) in [6.07, 6.45) is 1.71. The van der Waals surface area contributed by atoms with Crippen molar-refractivity contribution < 1.29 is 4.79 Å². The molecule has 2 aromatic carbocycles. The second-order valence-electron chi connectivity index (χ2n) is 7.31. The van der Waals surface area contributed by atoms with Crippen molar-refractivity contribution >= 4 is 34.3 Å². The standard InChI is InChI=1S/C24H22N4O2S/c1-15-12-13-21(25-14-15)28-23(30)18-9-5-7-11-20(18)27-24(28)31-17(3)22(29)26-19-10-6-4-8-16(19)2/h4-14,17H,1-3H3,(H,26,29). The van der Waals surface area contributed by atoms with Crippen LogP contribution in [-0.2, 0) is 4.79 Å². The molecule has 0 aliphatic heterocycles. The van der Waals surface area contributed by atoms with E-state index in [-0.39, 0.29) is 11.5 Å². The Morgan fingerprint density at radius 2 is 1.77 bits per heavy atom. The summed E-state index contributed by atoms with van der Waals surface area (Å²) < 4.78 is 1.48. The van der Waals surface area contributed by atoms with Crippen LogP contribution in [0, 0.1) is 13.8 Å². The van der Waals surface area contributed by atoms with Gasteiger partial charge in [-0.3, -0.25) is 9.59 Å². The highest BCUT2D eigenvalue weighted by Gasteiger charge is 2.21. The molecule has 2 heterocycles. The quantitative estimate of drug-likeness (QED) is 0.372. The highest BCUT2D eigenvalue weighted by molar-refractivity contribution is 8.00. The summed E-state index contributed by atoms with van der Waals surface area (Å²) in [4.78, 5) is 35.2. The molecule has 0 spiro atoms. The summed E-state index contributed by atoms with van der Waals surface area (Å²) in [7, 11) is 0. The van der Waals surface area contributed by atoms with Gasteiger partial charge in [-0.2, -0.15) is 0 Å². The van der Waals surface area contributed by atoms with Crippen molar-refractivity contribution in [2.24, 2.45) is 0 Å². The minimum absolute atomic E-state index is 0.162. The van der Waals surface area contributed by atoms with Gasteiger partial charge < -0.3 is 5.32 Å². The third-order valence-corrected chi connectivity index (χ3v) is 5.98. The van der Waals surface area contributed by atoms with Gasteiger partial charge in [0.1, 0.15) is 5.82 Å². The zero-order valence-electron chi connectivity index (χ0n) is 17.5. The second kappa shape index (κ2) is 8.73. The first-order valence-electron chi connectivity index (χ1n) is 9.92. The Labute approximate surface area is 184 Å². The number of carbonyl (C=O) groups is 1. The average molecular weight is 431 g/mol. The van der Waals surface area contributed by atoms with Gasteiger partial charge in [0.2, 0.25) is 5.91 Å². The molecule has 0 aliphatic rings. The number of aromatic nitrogens is 3. The van der Waals surface area contributed by atoms with E-state index in [4.69, 9.17) is 0 Å². The van der Waals surface area contributed by atoms with E-state index in [2.05, 4.69) is 15.3 Å². The van der Waals surface area contributed by atoms with Crippen LogP contribution < -0.4 is 10.9 Å². The van der Waals surface area contributed by atoms with Crippen LogP contribution in [0.5, 0.6) is 0 Å². The number of nitrogens with one attached hydrogen (secondary N) is 1. The van der Waals surface area contributed by atoms with E-state index in [0.29, 0.717) is 21.9 Å². The molecule has 1 N–H and O–H groups in total. The van der Waals surface area contributed by atoms with Crippen LogP contribution in [0.2, 0.25) is 0 Å².